The molecule has 0 bridgehead atoms. The molecule has 0 unspecified atom stereocenters. The van der Waals surface area contributed by atoms with E-state index < -0.39 is 34.0 Å². The Morgan fingerprint density at radius 2 is 1.93 bits per heavy atom. The van der Waals surface area contributed by atoms with E-state index in [0.29, 0.717) is 29.3 Å². The lowest BCUT2D eigenvalue weighted by Gasteiger charge is -2.18. The molecular formula is C17H25ClN2O6S. The van der Waals surface area contributed by atoms with E-state index in [1.807, 2.05) is 6.92 Å². The second-order valence-corrected chi connectivity index (χ2v) is 8.23. The molecule has 0 saturated heterocycles. The van der Waals surface area contributed by atoms with Crippen LogP contribution in [0, 0.1) is 0 Å². The third kappa shape index (κ3) is 7.74. The van der Waals surface area contributed by atoms with E-state index in [1.165, 1.54) is 27.0 Å². The van der Waals surface area contributed by atoms with E-state index in [4.69, 9.17) is 21.1 Å². The van der Waals surface area contributed by atoms with Gasteiger partial charge in [-0.1, -0.05) is 24.9 Å². The zero-order chi connectivity index (χ0) is 20.6. The van der Waals surface area contributed by atoms with Crippen molar-refractivity contribution >= 4 is 39.2 Å². The lowest BCUT2D eigenvalue weighted by Crippen LogP contribution is -2.43. The molecule has 8 nitrogen and oxygen atoms in total. The third-order valence-corrected chi connectivity index (χ3v) is 5.33. The molecule has 0 aliphatic rings. The van der Waals surface area contributed by atoms with Crippen LogP contribution in [-0.4, -0.2) is 45.3 Å². The second-order valence-electron chi connectivity index (χ2n) is 5.92. The largest absolute Gasteiger partial charge is 0.495 e. The molecule has 152 valence electrons. The molecule has 0 spiro atoms. The lowest BCUT2D eigenvalue weighted by molar-refractivity contribution is -0.154. The lowest BCUT2D eigenvalue weighted by atomic mass is 10.2. The van der Waals surface area contributed by atoms with Crippen LogP contribution >= 0.6 is 11.6 Å². The van der Waals surface area contributed by atoms with Gasteiger partial charge in [0.2, 0.25) is 10.0 Å². The smallest absolute Gasteiger partial charge is 0.324 e. The maximum Gasteiger partial charge on any atom is 0.324 e. The predicted molar refractivity (Wildman–Crippen MR) is 103 cm³/mol. The number of rotatable bonds is 10. The zero-order valence-corrected chi connectivity index (χ0v) is 17.3. The van der Waals surface area contributed by atoms with Gasteiger partial charge in [0.05, 0.1) is 18.6 Å². The number of benzene rings is 1. The predicted octanol–water partition coefficient (Wildman–Crippen LogP) is 2.33. The minimum Gasteiger partial charge on any atom is -0.495 e. The number of sulfonamides is 1. The van der Waals surface area contributed by atoms with Crippen molar-refractivity contribution < 1.29 is 27.5 Å². The Bertz CT molecular complexity index is 769. The number of anilines is 1. The van der Waals surface area contributed by atoms with E-state index in [9.17, 15) is 18.0 Å². The van der Waals surface area contributed by atoms with Gasteiger partial charge in [0.1, 0.15) is 11.8 Å². The number of carbonyl (C=O) groups is 2. The van der Waals surface area contributed by atoms with E-state index in [-0.39, 0.29) is 5.75 Å². The number of methoxy groups -OCH3 is 1. The van der Waals surface area contributed by atoms with E-state index in [0.717, 1.165) is 0 Å². The van der Waals surface area contributed by atoms with Crippen LogP contribution in [-0.2, 0) is 24.3 Å². The Hall–Kier alpha value is -1.84. The van der Waals surface area contributed by atoms with Crippen LogP contribution in [0.2, 0.25) is 5.02 Å². The summed E-state index contributed by atoms with van der Waals surface area (Å²) in [6, 6.07) is 3.58. The van der Waals surface area contributed by atoms with Crippen LogP contribution in [0.3, 0.4) is 0 Å². The van der Waals surface area contributed by atoms with Gasteiger partial charge in [0.15, 0.2) is 6.10 Å². The minimum atomic E-state index is -3.59. The fourth-order valence-corrected chi connectivity index (χ4v) is 3.65. The molecule has 10 heteroatoms. The molecule has 1 amide bonds. The number of unbranched alkanes of at least 4 members (excludes halogenated alkanes) is 1. The highest BCUT2D eigenvalue weighted by Gasteiger charge is 2.25. The molecule has 0 aliphatic carbocycles. The standard InChI is InChI=1S/C17H25ClN2O6S/c1-5-6-9-27(23,24)20-11(2)17(22)26-12(3)16(21)19-14-10-13(18)7-8-15(14)25-4/h7-8,10-12,20H,5-6,9H2,1-4H3,(H,19,21)/t11-,12-/m0/s1. The van der Waals surface area contributed by atoms with Gasteiger partial charge in [-0.25, -0.2) is 13.1 Å². The Kier molecular flexibility index (Phi) is 9.01. The third-order valence-electron chi connectivity index (χ3n) is 3.56. The minimum absolute atomic E-state index is 0.0777. The van der Waals surface area contributed by atoms with E-state index >= 15 is 0 Å². The second kappa shape index (κ2) is 10.5. The topological polar surface area (TPSA) is 111 Å². The molecule has 1 rings (SSSR count). The number of hydrogen-bond donors (Lipinski definition) is 2. The van der Waals surface area contributed by atoms with Gasteiger partial charge in [0.25, 0.3) is 5.91 Å². The quantitative estimate of drug-likeness (QED) is 0.562. The fraction of sp³-hybridized carbons (Fsp3) is 0.529. The summed E-state index contributed by atoms with van der Waals surface area (Å²) in [5.74, 6) is -1.14. The zero-order valence-electron chi connectivity index (χ0n) is 15.7. The first kappa shape index (κ1) is 23.2. The van der Waals surface area contributed by atoms with Crippen molar-refractivity contribution in [2.75, 3.05) is 18.2 Å². The molecule has 1 aromatic rings. The van der Waals surface area contributed by atoms with Gasteiger partial charge in [-0.15, -0.1) is 0 Å². The van der Waals surface area contributed by atoms with Gasteiger partial charge in [0, 0.05) is 5.02 Å². The molecule has 0 aromatic heterocycles. The monoisotopic (exact) mass is 420 g/mol. The molecule has 1 aromatic carbocycles. The summed E-state index contributed by atoms with van der Waals surface area (Å²) in [5.41, 5.74) is 0.325. The summed E-state index contributed by atoms with van der Waals surface area (Å²) in [6.07, 6.45) is 0.0464. The van der Waals surface area contributed by atoms with Crippen molar-refractivity contribution in [3.63, 3.8) is 0 Å². The summed E-state index contributed by atoms with van der Waals surface area (Å²) in [6.45, 7) is 4.60. The van der Waals surface area contributed by atoms with E-state index in [1.54, 1.807) is 12.1 Å². The summed E-state index contributed by atoms with van der Waals surface area (Å²) < 4.78 is 36.1. The molecule has 0 heterocycles. The van der Waals surface area contributed by atoms with Crippen molar-refractivity contribution in [2.24, 2.45) is 0 Å². The Balaban J connectivity index is 2.67. The Morgan fingerprint density at radius 3 is 2.52 bits per heavy atom. The molecule has 0 fully saturated rings. The highest BCUT2D eigenvalue weighted by atomic mass is 35.5. The molecule has 0 radical (unpaired) electrons. The first-order valence-corrected chi connectivity index (χ1v) is 10.5. The number of ether oxygens (including phenoxy) is 2. The van der Waals surface area contributed by atoms with Crippen LogP contribution in [0.15, 0.2) is 18.2 Å². The van der Waals surface area contributed by atoms with Crippen LogP contribution in [0.25, 0.3) is 0 Å². The Morgan fingerprint density at radius 1 is 1.26 bits per heavy atom. The van der Waals surface area contributed by atoms with Gasteiger partial charge in [-0.3, -0.25) is 9.59 Å². The SMILES string of the molecule is CCCCS(=O)(=O)N[C@@H](C)C(=O)O[C@@H](C)C(=O)Nc1cc(Cl)ccc1OC. The van der Waals surface area contributed by atoms with Crippen LogP contribution in [0.5, 0.6) is 5.75 Å². The van der Waals surface area contributed by atoms with Crippen molar-refractivity contribution in [3.05, 3.63) is 23.2 Å². The van der Waals surface area contributed by atoms with Crippen molar-refractivity contribution in [1.82, 2.24) is 4.72 Å². The average molecular weight is 421 g/mol. The highest BCUT2D eigenvalue weighted by Crippen LogP contribution is 2.27. The number of carbonyl (C=O) groups excluding carboxylic acids is 2. The van der Waals surface area contributed by atoms with Gasteiger partial charge < -0.3 is 14.8 Å². The van der Waals surface area contributed by atoms with Crippen molar-refractivity contribution in [2.45, 2.75) is 45.8 Å². The number of amides is 1. The van der Waals surface area contributed by atoms with Crippen molar-refractivity contribution in [3.8, 4) is 5.75 Å². The number of hydrogen-bond acceptors (Lipinski definition) is 6. The van der Waals surface area contributed by atoms with Crippen LogP contribution in [0.1, 0.15) is 33.6 Å². The average Bonchev–Trinajstić information content (AvgIpc) is 2.59. The van der Waals surface area contributed by atoms with Gasteiger partial charge >= 0.3 is 5.97 Å². The number of esters is 1. The number of halogens is 1. The van der Waals surface area contributed by atoms with Crippen LogP contribution < -0.4 is 14.8 Å². The molecule has 27 heavy (non-hydrogen) atoms. The summed E-state index contributed by atoms with van der Waals surface area (Å²) in [5, 5.41) is 2.95. The van der Waals surface area contributed by atoms with Gasteiger partial charge in [-0.05, 0) is 38.5 Å². The normalized spacial score (nSPS) is 13.5. The first-order chi connectivity index (χ1) is 12.6. The summed E-state index contributed by atoms with van der Waals surface area (Å²) in [7, 11) is -2.15. The molecule has 0 aliphatic heterocycles. The van der Waals surface area contributed by atoms with Gasteiger partial charge in [-0.2, -0.15) is 0 Å². The number of nitrogens with one attached hydrogen (secondary N) is 2. The van der Waals surface area contributed by atoms with Crippen molar-refractivity contribution in [1.29, 1.82) is 0 Å². The Labute approximate surface area is 164 Å². The van der Waals surface area contributed by atoms with E-state index in [2.05, 4.69) is 10.0 Å². The first-order valence-electron chi connectivity index (χ1n) is 8.44. The summed E-state index contributed by atoms with van der Waals surface area (Å²) in [4.78, 5) is 24.3. The highest BCUT2D eigenvalue weighted by molar-refractivity contribution is 7.89. The maximum atomic E-state index is 12.3. The summed E-state index contributed by atoms with van der Waals surface area (Å²) >= 11 is 5.90. The molecule has 2 N–H and O–H groups in total. The maximum absolute atomic E-state index is 12.3. The molecule has 2 atom stereocenters. The molecule has 0 saturated carbocycles. The fourth-order valence-electron chi connectivity index (χ4n) is 2.05. The molecular weight excluding hydrogens is 396 g/mol. The van der Waals surface area contributed by atoms with Crippen LogP contribution in [0.4, 0.5) is 5.69 Å².